The molecule has 2 nitrogen and oxygen atoms in total. The van der Waals surface area contributed by atoms with E-state index in [1.165, 1.54) is 5.56 Å². The molecule has 0 atom stereocenters. The summed E-state index contributed by atoms with van der Waals surface area (Å²) >= 11 is 0. The summed E-state index contributed by atoms with van der Waals surface area (Å²) < 4.78 is 11.3. The molecule has 0 saturated heterocycles. The Hall–Kier alpha value is -0.860. The summed E-state index contributed by atoms with van der Waals surface area (Å²) in [7, 11) is 3.38. The Morgan fingerprint density at radius 1 is 1.00 bits per heavy atom. The minimum atomic E-state index is -0.695. The minimum Gasteiger partial charge on any atom is -0.349 e. The van der Waals surface area contributed by atoms with Gasteiger partial charge in [0.05, 0.1) is 0 Å². The van der Waals surface area contributed by atoms with Crippen molar-refractivity contribution in [1.82, 2.24) is 0 Å². The van der Waals surface area contributed by atoms with E-state index in [2.05, 4.69) is 39.8 Å². The quantitative estimate of drug-likeness (QED) is 0.729. The molecule has 0 N–H and O–H groups in total. The molecule has 0 unspecified atom stereocenters. The van der Waals surface area contributed by atoms with E-state index in [1.807, 2.05) is 12.1 Å². The van der Waals surface area contributed by atoms with Crippen molar-refractivity contribution >= 4 is 0 Å². The van der Waals surface area contributed by atoms with Crippen molar-refractivity contribution in [3.8, 4) is 0 Å². The summed E-state index contributed by atoms with van der Waals surface area (Å²) in [4.78, 5) is 0. The highest BCUT2D eigenvalue weighted by atomic mass is 16.7. The molecule has 1 aromatic rings. The first kappa shape index (κ1) is 13.2. The molecule has 0 bridgehead atoms. The maximum Gasteiger partial charge on any atom is 0.199 e. The Balaban J connectivity index is 3.32. The van der Waals surface area contributed by atoms with Crippen LogP contribution in [0.3, 0.4) is 0 Å². The van der Waals surface area contributed by atoms with Crippen molar-refractivity contribution in [2.75, 3.05) is 14.2 Å². The van der Waals surface area contributed by atoms with Gasteiger partial charge in [-0.3, -0.25) is 0 Å². The molecular formula is C14H22O2. The molecule has 0 saturated carbocycles. The number of ether oxygens (including phenoxy) is 2. The lowest BCUT2D eigenvalue weighted by molar-refractivity contribution is -0.274. The Morgan fingerprint density at radius 2 is 1.56 bits per heavy atom. The number of hydrogen-bond donors (Lipinski definition) is 0. The van der Waals surface area contributed by atoms with E-state index in [-0.39, 0.29) is 5.41 Å². The highest BCUT2D eigenvalue weighted by Gasteiger charge is 2.44. The summed E-state index contributed by atoms with van der Waals surface area (Å²) in [6.45, 7) is 8.41. The smallest absolute Gasteiger partial charge is 0.199 e. The molecule has 0 radical (unpaired) electrons. The third-order valence-electron chi connectivity index (χ3n) is 2.96. The first-order valence-corrected chi connectivity index (χ1v) is 5.55. The minimum absolute atomic E-state index is 0.135. The van der Waals surface area contributed by atoms with Gasteiger partial charge in [0.1, 0.15) is 0 Å². The van der Waals surface area contributed by atoms with Crippen LogP contribution in [0, 0.1) is 12.3 Å². The number of hydrogen-bond acceptors (Lipinski definition) is 2. The Bertz CT molecular complexity index is 346. The van der Waals surface area contributed by atoms with E-state index >= 15 is 0 Å². The Kier molecular flexibility index (Phi) is 3.76. The summed E-state index contributed by atoms with van der Waals surface area (Å²) in [5.41, 5.74) is 2.13. The third kappa shape index (κ3) is 2.13. The highest BCUT2D eigenvalue weighted by Crippen LogP contribution is 2.42. The number of rotatable bonds is 3. The predicted molar refractivity (Wildman–Crippen MR) is 66.3 cm³/mol. The van der Waals surface area contributed by atoms with Gasteiger partial charge in [-0.25, -0.2) is 0 Å². The molecular weight excluding hydrogens is 200 g/mol. The highest BCUT2D eigenvalue weighted by molar-refractivity contribution is 5.27. The van der Waals surface area contributed by atoms with Crippen molar-refractivity contribution in [3.63, 3.8) is 0 Å². The summed E-state index contributed by atoms with van der Waals surface area (Å²) in [6.07, 6.45) is 0. The van der Waals surface area contributed by atoms with Crippen molar-refractivity contribution in [2.45, 2.75) is 33.5 Å². The standard InChI is InChI=1S/C14H22O2/c1-11-8-7-9-12(10-11)14(15-5,16-6)13(2,3)4/h7-10H,1-6H3. The van der Waals surface area contributed by atoms with Gasteiger partial charge in [0, 0.05) is 25.2 Å². The largest absolute Gasteiger partial charge is 0.349 e. The molecule has 0 amide bonds. The van der Waals surface area contributed by atoms with Crippen LogP contribution in [0.4, 0.5) is 0 Å². The second kappa shape index (κ2) is 4.56. The lowest BCUT2D eigenvalue weighted by atomic mass is 9.80. The molecule has 0 aliphatic heterocycles. The lowest BCUT2D eigenvalue weighted by Crippen LogP contribution is -2.43. The number of benzene rings is 1. The number of aryl methyl sites for hydroxylation is 1. The maximum absolute atomic E-state index is 5.67. The van der Waals surface area contributed by atoms with Gasteiger partial charge in [-0.1, -0.05) is 50.6 Å². The Labute approximate surface area is 98.6 Å². The van der Waals surface area contributed by atoms with Crippen molar-refractivity contribution in [2.24, 2.45) is 5.41 Å². The van der Waals surface area contributed by atoms with Crippen LogP contribution in [0.15, 0.2) is 24.3 Å². The Morgan fingerprint density at radius 3 is 1.94 bits per heavy atom. The molecule has 0 heterocycles. The fourth-order valence-corrected chi connectivity index (χ4v) is 2.21. The van der Waals surface area contributed by atoms with Crippen LogP contribution in [0.1, 0.15) is 31.9 Å². The van der Waals surface area contributed by atoms with Crippen LogP contribution < -0.4 is 0 Å². The topological polar surface area (TPSA) is 18.5 Å². The summed E-state index contributed by atoms with van der Waals surface area (Å²) in [5.74, 6) is -0.695. The first-order valence-electron chi connectivity index (χ1n) is 5.55. The molecule has 90 valence electrons. The lowest BCUT2D eigenvalue weighted by Gasteiger charge is -2.42. The molecule has 0 fully saturated rings. The van der Waals surface area contributed by atoms with Crippen LogP contribution in [0.5, 0.6) is 0 Å². The van der Waals surface area contributed by atoms with Crippen molar-refractivity contribution in [3.05, 3.63) is 35.4 Å². The molecule has 1 aromatic carbocycles. The molecule has 0 aliphatic carbocycles. The average Bonchev–Trinajstić information content (AvgIpc) is 2.18. The monoisotopic (exact) mass is 222 g/mol. The van der Waals surface area contributed by atoms with Crippen LogP contribution in [-0.2, 0) is 15.3 Å². The molecule has 0 aromatic heterocycles. The maximum atomic E-state index is 5.67. The van der Waals surface area contributed by atoms with Gasteiger partial charge >= 0.3 is 0 Å². The van der Waals surface area contributed by atoms with E-state index in [0.717, 1.165) is 5.56 Å². The molecule has 2 heteroatoms. The van der Waals surface area contributed by atoms with Gasteiger partial charge in [0.25, 0.3) is 0 Å². The molecule has 16 heavy (non-hydrogen) atoms. The summed E-state index contributed by atoms with van der Waals surface area (Å²) in [5, 5.41) is 0. The average molecular weight is 222 g/mol. The molecule has 0 spiro atoms. The fraction of sp³-hybridized carbons (Fsp3) is 0.571. The van der Waals surface area contributed by atoms with Crippen molar-refractivity contribution < 1.29 is 9.47 Å². The van der Waals surface area contributed by atoms with Gasteiger partial charge in [0.2, 0.25) is 0 Å². The van der Waals surface area contributed by atoms with E-state index < -0.39 is 5.79 Å². The van der Waals surface area contributed by atoms with E-state index in [9.17, 15) is 0 Å². The predicted octanol–water partition coefficient (Wildman–Crippen LogP) is 3.49. The van der Waals surface area contributed by atoms with Crippen LogP contribution in [0.2, 0.25) is 0 Å². The van der Waals surface area contributed by atoms with Crippen LogP contribution in [-0.4, -0.2) is 14.2 Å². The van der Waals surface area contributed by atoms with E-state index in [1.54, 1.807) is 14.2 Å². The fourth-order valence-electron chi connectivity index (χ4n) is 2.21. The van der Waals surface area contributed by atoms with E-state index in [0.29, 0.717) is 0 Å². The first-order chi connectivity index (χ1) is 7.37. The third-order valence-corrected chi connectivity index (χ3v) is 2.96. The zero-order valence-electron chi connectivity index (χ0n) is 11.1. The van der Waals surface area contributed by atoms with Crippen molar-refractivity contribution in [1.29, 1.82) is 0 Å². The molecule has 1 rings (SSSR count). The summed E-state index contributed by atoms with van der Waals surface area (Å²) in [6, 6.07) is 8.26. The van der Waals surface area contributed by atoms with E-state index in [4.69, 9.17) is 9.47 Å². The van der Waals surface area contributed by atoms with Gasteiger partial charge in [-0.15, -0.1) is 0 Å². The zero-order valence-corrected chi connectivity index (χ0v) is 11.1. The van der Waals surface area contributed by atoms with Gasteiger partial charge < -0.3 is 9.47 Å². The SMILES string of the molecule is COC(OC)(c1cccc(C)c1)C(C)(C)C. The van der Waals surface area contributed by atoms with Crippen LogP contribution in [0.25, 0.3) is 0 Å². The zero-order chi connectivity index (χ0) is 12.4. The van der Waals surface area contributed by atoms with Gasteiger partial charge in [-0.2, -0.15) is 0 Å². The van der Waals surface area contributed by atoms with Gasteiger partial charge in [-0.05, 0) is 6.92 Å². The normalized spacial score (nSPS) is 12.9. The van der Waals surface area contributed by atoms with Gasteiger partial charge in [0.15, 0.2) is 5.79 Å². The van der Waals surface area contributed by atoms with Crippen LogP contribution >= 0.6 is 0 Å². The number of methoxy groups -OCH3 is 2. The second-order valence-corrected chi connectivity index (χ2v) is 5.14. The second-order valence-electron chi connectivity index (χ2n) is 5.14. The molecule has 0 aliphatic rings.